The fraction of sp³-hybridized carbons (Fsp3) is 0.500. The van der Waals surface area contributed by atoms with Crippen LogP contribution in [0.5, 0.6) is 0 Å². The van der Waals surface area contributed by atoms with E-state index in [1.54, 1.807) is 0 Å². The Morgan fingerprint density at radius 3 is 2.88 bits per heavy atom. The maximum Gasteiger partial charge on any atom is 0.143 e. The van der Waals surface area contributed by atoms with Crippen LogP contribution in [0.3, 0.4) is 0 Å². The van der Waals surface area contributed by atoms with E-state index in [-0.39, 0.29) is 11.9 Å². The maximum atomic E-state index is 14.1. The molecule has 1 aromatic carbocycles. The van der Waals surface area contributed by atoms with Gasteiger partial charge in [0.15, 0.2) is 0 Å². The van der Waals surface area contributed by atoms with Crippen LogP contribution in [0.1, 0.15) is 22.8 Å². The van der Waals surface area contributed by atoms with Crippen molar-refractivity contribution in [2.45, 2.75) is 20.0 Å². The molecule has 0 bridgehead atoms. The number of aryl methyl sites for hydroxylation is 1. The normalized spacial score (nSPS) is 21.1. The number of benzene rings is 1. The highest BCUT2D eigenvalue weighted by atomic mass is 79.9. The average Bonchev–Trinajstić information content (AvgIpc) is 2.28. The van der Waals surface area contributed by atoms with E-state index in [0.29, 0.717) is 23.2 Å². The zero-order valence-electron chi connectivity index (χ0n) is 9.44. The van der Waals surface area contributed by atoms with Crippen LogP contribution in [0.25, 0.3) is 0 Å². The smallest absolute Gasteiger partial charge is 0.143 e. The lowest BCUT2D eigenvalue weighted by Gasteiger charge is -2.26. The summed E-state index contributed by atoms with van der Waals surface area (Å²) in [6, 6.07) is 1.81. The van der Waals surface area contributed by atoms with Gasteiger partial charge in [0.2, 0.25) is 0 Å². The van der Waals surface area contributed by atoms with Crippen molar-refractivity contribution in [1.82, 2.24) is 5.32 Å². The predicted molar refractivity (Wildman–Crippen MR) is 65.1 cm³/mol. The Labute approximate surface area is 103 Å². The van der Waals surface area contributed by atoms with Crippen molar-refractivity contribution in [3.63, 3.8) is 0 Å². The molecule has 2 nitrogen and oxygen atoms in total. The minimum Gasteiger partial charge on any atom is -0.371 e. The summed E-state index contributed by atoms with van der Waals surface area (Å²) in [5.74, 6) is -0.197. The molecule has 4 heteroatoms. The molecule has 1 heterocycles. The third-order valence-electron chi connectivity index (χ3n) is 3.03. The van der Waals surface area contributed by atoms with E-state index >= 15 is 0 Å². The Bertz CT molecular complexity index is 376. The topological polar surface area (TPSA) is 21.3 Å². The molecule has 2 rings (SSSR count). The molecule has 1 N–H and O–H groups in total. The summed E-state index contributed by atoms with van der Waals surface area (Å²) < 4.78 is 20.2. The lowest BCUT2D eigenvalue weighted by atomic mass is 9.98. The number of morpholine rings is 1. The molecule has 0 radical (unpaired) electrons. The number of nitrogens with one attached hydrogen (secondary N) is 1. The van der Waals surface area contributed by atoms with Crippen molar-refractivity contribution >= 4 is 15.9 Å². The Morgan fingerprint density at radius 2 is 2.25 bits per heavy atom. The Hall–Kier alpha value is -0.450. The molecular formula is C12H15BrFNO. The molecule has 1 aromatic rings. The van der Waals surface area contributed by atoms with Crippen LogP contribution in [0.4, 0.5) is 4.39 Å². The van der Waals surface area contributed by atoms with E-state index in [1.807, 2.05) is 19.9 Å². The van der Waals surface area contributed by atoms with Gasteiger partial charge in [-0.25, -0.2) is 4.39 Å². The van der Waals surface area contributed by atoms with Gasteiger partial charge < -0.3 is 10.1 Å². The zero-order valence-corrected chi connectivity index (χ0v) is 11.0. The van der Waals surface area contributed by atoms with Gasteiger partial charge in [0.05, 0.1) is 17.2 Å². The summed E-state index contributed by atoms with van der Waals surface area (Å²) in [5, 5.41) is 3.22. The first kappa shape index (κ1) is 12.0. The third kappa shape index (κ3) is 2.14. The Morgan fingerprint density at radius 1 is 1.50 bits per heavy atom. The van der Waals surface area contributed by atoms with E-state index in [9.17, 15) is 4.39 Å². The summed E-state index contributed by atoms with van der Waals surface area (Å²) in [7, 11) is 0. The molecule has 1 saturated heterocycles. The van der Waals surface area contributed by atoms with E-state index in [0.717, 1.165) is 17.7 Å². The number of halogens is 2. The largest absolute Gasteiger partial charge is 0.371 e. The average molecular weight is 288 g/mol. The van der Waals surface area contributed by atoms with Crippen molar-refractivity contribution in [3.8, 4) is 0 Å². The first-order chi connectivity index (χ1) is 7.61. The van der Waals surface area contributed by atoms with Crippen molar-refractivity contribution < 1.29 is 9.13 Å². The second kappa shape index (κ2) is 4.82. The highest BCUT2D eigenvalue weighted by Gasteiger charge is 2.23. The van der Waals surface area contributed by atoms with Gasteiger partial charge in [-0.2, -0.15) is 0 Å². The zero-order chi connectivity index (χ0) is 11.7. The summed E-state index contributed by atoms with van der Waals surface area (Å²) in [5.41, 5.74) is 2.74. The van der Waals surface area contributed by atoms with Gasteiger partial charge >= 0.3 is 0 Å². The second-order valence-corrected chi connectivity index (χ2v) is 4.95. The monoisotopic (exact) mass is 287 g/mol. The Kier molecular flexibility index (Phi) is 3.62. The first-order valence-corrected chi connectivity index (χ1v) is 6.18. The maximum absolute atomic E-state index is 14.1. The molecule has 0 aliphatic carbocycles. The second-order valence-electron chi connectivity index (χ2n) is 4.09. The Balaban J connectivity index is 2.45. The summed E-state index contributed by atoms with van der Waals surface area (Å²) in [4.78, 5) is 0. The highest BCUT2D eigenvalue weighted by Crippen LogP contribution is 2.31. The molecule has 88 valence electrons. The fourth-order valence-electron chi connectivity index (χ4n) is 2.00. The van der Waals surface area contributed by atoms with Gasteiger partial charge in [0, 0.05) is 18.7 Å². The van der Waals surface area contributed by atoms with Crippen LogP contribution in [-0.4, -0.2) is 19.7 Å². The molecule has 1 fully saturated rings. The molecule has 1 aliphatic rings. The van der Waals surface area contributed by atoms with Gasteiger partial charge in [-0.05, 0) is 47.0 Å². The van der Waals surface area contributed by atoms with Gasteiger partial charge in [0.25, 0.3) is 0 Å². The molecule has 1 unspecified atom stereocenters. The quantitative estimate of drug-likeness (QED) is 0.858. The summed E-state index contributed by atoms with van der Waals surface area (Å²) in [6.07, 6.45) is -0.176. The summed E-state index contributed by atoms with van der Waals surface area (Å²) >= 11 is 3.25. The molecule has 16 heavy (non-hydrogen) atoms. The summed E-state index contributed by atoms with van der Waals surface area (Å²) in [6.45, 7) is 6.07. The standard InChI is InChI=1S/C12H15BrFNO/c1-7-5-9(13)12(14)11(8(7)2)10-6-15-3-4-16-10/h5,10,15H,3-4,6H2,1-2H3. The van der Waals surface area contributed by atoms with Crippen molar-refractivity contribution in [3.05, 3.63) is 33.0 Å². The lowest BCUT2D eigenvalue weighted by Crippen LogP contribution is -2.34. The van der Waals surface area contributed by atoms with Crippen molar-refractivity contribution in [2.75, 3.05) is 19.7 Å². The molecule has 1 atom stereocenters. The van der Waals surface area contributed by atoms with E-state index < -0.39 is 0 Å². The molecule has 0 spiro atoms. The van der Waals surface area contributed by atoms with Gasteiger partial charge in [-0.3, -0.25) is 0 Å². The highest BCUT2D eigenvalue weighted by molar-refractivity contribution is 9.10. The first-order valence-electron chi connectivity index (χ1n) is 5.38. The van der Waals surface area contributed by atoms with Gasteiger partial charge in [0.1, 0.15) is 5.82 Å². The van der Waals surface area contributed by atoms with Crippen molar-refractivity contribution in [2.24, 2.45) is 0 Å². The molecule has 0 aromatic heterocycles. The van der Waals surface area contributed by atoms with Gasteiger partial charge in [-0.1, -0.05) is 0 Å². The SMILES string of the molecule is Cc1cc(Br)c(F)c(C2CNCCO2)c1C. The number of hydrogen-bond donors (Lipinski definition) is 1. The van der Waals surface area contributed by atoms with Crippen LogP contribution in [0.2, 0.25) is 0 Å². The molecule has 0 amide bonds. The molecular weight excluding hydrogens is 273 g/mol. The lowest BCUT2D eigenvalue weighted by molar-refractivity contribution is 0.0250. The van der Waals surface area contributed by atoms with E-state index in [4.69, 9.17) is 4.74 Å². The van der Waals surface area contributed by atoms with Crippen LogP contribution in [0, 0.1) is 19.7 Å². The number of hydrogen-bond acceptors (Lipinski definition) is 2. The number of rotatable bonds is 1. The van der Waals surface area contributed by atoms with Crippen molar-refractivity contribution in [1.29, 1.82) is 0 Å². The minimum atomic E-state index is -0.197. The van der Waals surface area contributed by atoms with Gasteiger partial charge in [-0.15, -0.1) is 0 Å². The number of ether oxygens (including phenoxy) is 1. The van der Waals surface area contributed by atoms with Crippen LogP contribution >= 0.6 is 15.9 Å². The predicted octanol–water partition coefficient (Wildman–Crippen LogP) is 2.87. The van der Waals surface area contributed by atoms with E-state index in [1.165, 1.54) is 0 Å². The van der Waals surface area contributed by atoms with Crippen LogP contribution in [-0.2, 0) is 4.74 Å². The van der Waals surface area contributed by atoms with E-state index in [2.05, 4.69) is 21.2 Å². The van der Waals surface area contributed by atoms with Crippen LogP contribution in [0.15, 0.2) is 10.5 Å². The molecule has 1 aliphatic heterocycles. The van der Waals surface area contributed by atoms with Crippen LogP contribution < -0.4 is 5.32 Å². The third-order valence-corrected chi connectivity index (χ3v) is 3.61. The fourth-order valence-corrected chi connectivity index (χ4v) is 2.56. The minimum absolute atomic E-state index is 0.176. The molecule has 0 saturated carbocycles.